The normalized spacial score (nSPS) is 13.9. The molecule has 0 radical (unpaired) electrons. The Morgan fingerprint density at radius 2 is 1.29 bits per heavy atom. The number of carboxylic acids is 1. The van der Waals surface area contributed by atoms with E-state index in [1.807, 2.05) is 12.1 Å². The molecule has 0 aliphatic heterocycles. The number of esters is 1. The highest BCUT2D eigenvalue weighted by atomic mass is 35.5. The molecule has 6 heteroatoms. The molecule has 0 atom stereocenters. The first-order valence-electron chi connectivity index (χ1n) is 9.27. The maximum absolute atomic E-state index is 11.9. The molecular formula is C22H24Cl2O4. The number of hydrogen-bond donors (Lipinski definition) is 1. The van der Waals surface area contributed by atoms with Crippen LogP contribution >= 0.6 is 23.2 Å². The molecule has 1 saturated carbocycles. The van der Waals surface area contributed by atoms with Gasteiger partial charge in [-0.25, -0.2) is 9.59 Å². The van der Waals surface area contributed by atoms with Crippen molar-refractivity contribution in [3.63, 3.8) is 0 Å². The van der Waals surface area contributed by atoms with Gasteiger partial charge in [-0.05, 0) is 61.1 Å². The van der Waals surface area contributed by atoms with Crippen LogP contribution in [0.1, 0.15) is 63.9 Å². The van der Waals surface area contributed by atoms with Crippen LogP contribution in [-0.4, -0.2) is 23.1 Å². The Balaban J connectivity index is 0.000000221. The molecule has 28 heavy (non-hydrogen) atoms. The Morgan fingerprint density at radius 1 is 0.821 bits per heavy atom. The average Bonchev–Trinajstić information content (AvgIpc) is 2.75. The molecule has 1 fully saturated rings. The van der Waals surface area contributed by atoms with Gasteiger partial charge in [0.1, 0.15) is 6.10 Å². The Kier molecular flexibility index (Phi) is 9.32. The number of carbonyl (C=O) groups is 2. The minimum Gasteiger partial charge on any atom is -0.478 e. The van der Waals surface area contributed by atoms with Crippen molar-refractivity contribution >= 4 is 35.1 Å². The zero-order valence-corrected chi connectivity index (χ0v) is 17.1. The topological polar surface area (TPSA) is 63.6 Å². The lowest BCUT2D eigenvalue weighted by Gasteiger charge is -2.21. The van der Waals surface area contributed by atoms with Crippen LogP contribution in [0.25, 0.3) is 0 Å². The van der Waals surface area contributed by atoms with Gasteiger partial charge in [-0.1, -0.05) is 30.7 Å². The monoisotopic (exact) mass is 422 g/mol. The molecule has 2 aromatic rings. The smallest absolute Gasteiger partial charge is 0.338 e. The molecule has 0 saturated heterocycles. The quantitative estimate of drug-likeness (QED) is 0.471. The lowest BCUT2D eigenvalue weighted by Crippen LogP contribution is -2.20. The Hall–Kier alpha value is -2.04. The molecule has 3 rings (SSSR count). The Labute approximate surface area is 175 Å². The lowest BCUT2D eigenvalue weighted by molar-refractivity contribution is 0.0211. The van der Waals surface area contributed by atoms with E-state index in [1.54, 1.807) is 36.4 Å². The summed E-state index contributed by atoms with van der Waals surface area (Å²) in [5.74, 6) is -0.234. The highest BCUT2D eigenvalue weighted by molar-refractivity contribution is 6.17. The summed E-state index contributed by atoms with van der Waals surface area (Å²) in [4.78, 5) is 22.2. The number of carboxylic acid groups (broad SMARTS) is 1. The SMILES string of the molecule is O=C(O)c1ccc(CCl)cc1.O=C(OC1CCCCC1)c1ccc(CCl)cc1. The summed E-state index contributed by atoms with van der Waals surface area (Å²) in [6, 6.07) is 13.8. The third kappa shape index (κ3) is 7.17. The van der Waals surface area contributed by atoms with Gasteiger partial charge in [0.25, 0.3) is 0 Å². The van der Waals surface area contributed by atoms with Crippen molar-refractivity contribution in [2.45, 2.75) is 50.0 Å². The second kappa shape index (κ2) is 11.7. The van der Waals surface area contributed by atoms with Crippen LogP contribution in [0.4, 0.5) is 0 Å². The standard InChI is InChI=1S/C14H17ClO2.C8H7ClO2/c15-10-11-6-8-12(9-7-11)14(16)17-13-4-2-1-3-5-13;9-5-6-1-3-7(4-2-6)8(10)11/h6-9,13H,1-5,10H2;1-4H,5H2,(H,10,11). The molecule has 0 bridgehead atoms. The minimum absolute atomic E-state index is 0.115. The van der Waals surface area contributed by atoms with Crippen molar-refractivity contribution in [3.05, 3.63) is 70.8 Å². The van der Waals surface area contributed by atoms with Gasteiger partial charge in [-0.3, -0.25) is 0 Å². The van der Waals surface area contributed by atoms with Crippen LogP contribution in [0.2, 0.25) is 0 Å². The molecule has 1 aliphatic rings. The summed E-state index contributed by atoms with van der Waals surface area (Å²) in [5, 5.41) is 8.52. The van der Waals surface area contributed by atoms with Gasteiger partial charge in [0.05, 0.1) is 11.1 Å². The van der Waals surface area contributed by atoms with E-state index in [2.05, 4.69) is 0 Å². The van der Waals surface area contributed by atoms with Gasteiger partial charge in [-0.15, -0.1) is 23.2 Å². The summed E-state index contributed by atoms with van der Waals surface area (Å²) in [6.45, 7) is 0. The largest absolute Gasteiger partial charge is 0.478 e. The predicted octanol–water partition coefficient (Wildman–Crippen LogP) is 6.04. The van der Waals surface area contributed by atoms with Gasteiger partial charge < -0.3 is 9.84 Å². The number of hydrogen-bond acceptors (Lipinski definition) is 3. The third-order valence-electron chi connectivity index (χ3n) is 4.53. The van der Waals surface area contributed by atoms with Crippen LogP contribution in [0.3, 0.4) is 0 Å². The summed E-state index contributed by atoms with van der Waals surface area (Å²) in [5.41, 5.74) is 2.85. The first-order chi connectivity index (χ1) is 13.5. The molecule has 0 unspecified atom stereocenters. The summed E-state index contributed by atoms with van der Waals surface area (Å²) >= 11 is 11.2. The van der Waals surface area contributed by atoms with E-state index in [0.29, 0.717) is 22.9 Å². The number of benzene rings is 2. The van der Waals surface area contributed by atoms with E-state index in [4.69, 9.17) is 33.0 Å². The maximum atomic E-state index is 11.9. The van der Waals surface area contributed by atoms with Crippen LogP contribution < -0.4 is 0 Å². The summed E-state index contributed by atoms with van der Waals surface area (Å²) < 4.78 is 5.48. The van der Waals surface area contributed by atoms with E-state index >= 15 is 0 Å². The van der Waals surface area contributed by atoms with Gasteiger partial charge in [0.2, 0.25) is 0 Å². The van der Waals surface area contributed by atoms with E-state index in [1.165, 1.54) is 19.3 Å². The average molecular weight is 423 g/mol. The first kappa shape index (κ1) is 22.3. The summed E-state index contributed by atoms with van der Waals surface area (Å²) in [7, 11) is 0. The number of alkyl halides is 2. The van der Waals surface area contributed by atoms with Crippen LogP contribution in [0, 0.1) is 0 Å². The Bertz CT molecular complexity index is 751. The van der Waals surface area contributed by atoms with Crippen molar-refractivity contribution in [3.8, 4) is 0 Å². The van der Waals surface area contributed by atoms with E-state index in [0.717, 1.165) is 24.0 Å². The molecule has 0 amide bonds. The van der Waals surface area contributed by atoms with E-state index in [-0.39, 0.29) is 12.1 Å². The molecule has 0 heterocycles. The zero-order valence-electron chi connectivity index (χ0n) is 15.6. The third-order valence-corrected chi connectivity index (χ3v) is 5.14. The number of carbonyl (C=O) groups excluding carboxylic acids is 1. The van der Waals surface area contributed by atoms with Crippen molar-refractivity contribution in [2.75, 3.05) is 0 Å². The molecule has 2 aromatic carbocycles. The molecule has 4 nitrogen and oxygen atoms in total. The maximum Gasteiger partial charge on any atom is 0.338 e. The van der Waals surface area contributed by atoms with E-state index < -0.39 is 5.97 Å². The molecular weight excluding hydrogens is 399 g/mol. The van der Waals surface area contributed by atoms with Gasteiger partial charge in [0, 0.05) is 11.8 Å². The summed E-state index contributed by atoms with van der Waals surface area (Å²) in [6.07, 6.45) is 5.73. The number of ether oxygens (including phenoxy) is 1. The van der Waals surface area contributed by atoms with Crippen LogP contribution in [0.15, 0.2) is 48.5 Å². The van der Waals surface area contributed by atoms with Crippen LogP contribution in [-0.2, 0) is 16.5 Å². The first-order valence-corrected chi connectivity index (χ1v) is 10.3. The van der Waals surface area contributed by atoms with Crippen molar-refractivity contribution in [2.24, 2.45) is 0 Å². The molecule has 0 spiro atoms. The fourth-order valence-electron chi connectivity index (χ4n) is 2.87. The second-order valence-electron chi connectivity index (χ2n) is 6.63. The lowest BCUT2D eigenvalue weighted by atomic mass is 9.98. The van der Waals surface area contributed by atoms with Gasteiger partial charge >= 0.3 is 11.9 Å². The molecule has 150 valence electrons. The minimum atomic E-state index is -0.911. The number of rotatable bonds is 5. The van der Waals surface area contributed by atoms with Gasteiger partial charge in [0.15, 0.2) is 0 Å². The molecule has 1 aliphatic carbocycles. The van der Waals surface area contributed by atoms with Gasteiger partial charge in [-0.2, -0.15) is 0 Å². The number of halogens is 2. The van der Waals surface area contributed by atoms with Crippen molar-refractivity contribution in [1.29, 1.82) is 0 Å². The second-order valence-corrected chi connectivity index (χ2v) is 7.17. The Morgan fingerprint density at radius 3 is 1.71 bits per heavy atom. The van der Waals surface area contributed by atoms with Crippen molar-refractivity contribution in [1.82, 2.24) is 0 Å². The zero-order chi connectivity index (χ0) is 20.4. The fourth-order valence-corrected chi connectivity index (χ4v) is 3.23. The van der Waals surface area contributed by atoms with E-state index in [9.17, 15) is 9.59 Å². The highest BCUT2D eigenvalue weighted by Gasteiger charge is 2.18. The van der Waals surface area contributed by atoms with Crippen molar-refractivity contribution < 1.29 is 19.4 Å². The fraction of sp³-hybridized carbons (Fsp3) is 0.364. The molecule has 0 aromatic heterocycles. The molecule has 1 N–H and O–H groups in total. The highest BCUT2D eigenvalue weighted by Crippen LogP contribution is 2.21. The predicted molar refractivity (Wildman–Crippen MR) is 111 cm³/mol. The number of aromatic carboxylic acids is 1. The van der Waals surface area contributed by atoms with Crippen LogP contribution in [0.5, 0.6) is 0 Å².